The fraction of sp³-hybridized carbons (Fsp3) is 0.133. The van der Waals surface area contributed by atoms with Crippen molar-refractivity contribution in [2.75, 3.05) is 11.9 Å². The normalized spacial score (nSPS) is 15.3. The third-order valence-corrected chi connectivity index (χ3v) is 5.13. The Morgan fingerprint density at radius 2 is 1.84 bits per heavy atom. The number of alkyl halides is 2. The molecule has 1 aliphatic heterocycles. The number of hydrogen-bond acceptors (Lipinski definition) is 4. The van der Waals surface area contributed by atoms with Crippen LogP contribution in [0.1, 0.15) is 0 Å². The first-order chi connectivity index (χ1) is 11.8. The topological polar surface area (TPSA) is 70.6 Å². The number of nitrogens with zero attached hydrogens (tertiary/aromatic N) is 1. The van der Waals surface area contributed by atoms with E-state index in [0.717, 1.165) is 0 Å². The Balaban J connectivity index is 2.12. The molecule has 0 unspecified atom stereocenters. The average Bonchev–Trinajstić information content (AvgIpc) is 2.55. The van der Waals surface area contributed by atoms with E-state index in [1.165, 1.54) is 36.4 Å². The largest absolute Gasteiger partial charge is 0.349 e. The molecule has 3 rings (SSSR count). The fourth-order valence-corrected chi connectivity index (χ4v) is 3.72. The lowest BCUT2D eigenvalue weighted by molar-refractivity contribution is 0.152. The van der Waals surface area contributed by atoms with Gasteiger partial charge in [0, 0.05) is 11.1 Å². The quantitative estimate of drug-likeness (QED) is 0.843. The van der Waals surface area contributed by atoms with Crippen molar-refractivity contribution in [2.45, 2.75) is 11.3 Å². The van der Waals surface area contributed by atoms with E-state index in [1.807, 2.05) is 0 Å². The zero-order valence-electron chi connectivity index (χ0n) is 12.4. The summed E-state index contributed by atoms with van der Waals surface area (Å²) < 4.78 is 66.5. The second-order valence-electron chi connectivity index (χ2n) is 5.09. The molecule has 0 saturated heterocycles. The maximum atomic E-state index is 13.7. The standard InChI is InChI=1S/C15H11ClF3N3O2S/c16-13-8(3-1-5-10(13)17)9-4-2-6-11-14(9)21-15(20-7-12(18)19)22-25(11,23)24/h1-6,12H,7H2,(H2,20,21,22). The van der Waals surface area contributed by atoms with Crippen LogP contribution in [-0.4, -0.2) is 27.3 Å². The molecule has 0 saturated carbocycles. The summed E-state index contributed by atoms with van der Waals surface area (Å²) in [4.78, 5) is -0.159. The second-order valence-corrected chi connectivity index (χ2v) is 7.04. The maximum Gasteiger partial charge on any atom is 0.287 e. The van der Waals surface area contributed by atoms with Gasteiger partial charge in [-0.15, -0.1) is 4.40 Å². The molecule has 0 amide bonds. The van der Waals surface area contributed by atoms with Gasteiger partial charge in [0.1, 0.15) is 10.7 Å². The van der Waals surface area contributed by atoms with E-state index in [9.17, 15) is 21.6 Å². The maximum absolute atomic E-state index is 13.7. The zero-order chi connectivity index (χ0) is 18.2. The van der Waals surface area contributed by atoms with Crippen molar-refractivity contribution in [3.63, 3.8) is 0 Å². The molecule has 0 fully saturated rings. The number of benzene rings is 2. The number of hydrogen-bond donors (Lipinski definition) is 2. The second kappa shape index (κ2) is 6.57. The zero-order valence-corrected chi connectivity index (χ0v) is 14.0. The minimum absolute atomic E-state index is 0.0850. The van der Waals surface area contributed by atoms with Crippen LogP contribution in [0.4, 0.5) is 18.9 Å². The van der Waals surface area contributed by atoms with Gasteiger partial charge in [-0.3, -0.25) is 0 Å². The molecule has 0 bridgehead atoms. The minimum atomic E-state index is -4.11. The Morgan fingerprint density at radius 3 is 2.56 bits per heavy atom. The summed E-state index contributed by atoms with van der Waals surface area (Å²) in [5, 5.41) is 4.71. The van der Waals surface area contributed by atoms with Gasteiger partial charge in [0.15, 0.2) is 0 Å². The van der Waals surface area contributed by atoms with E-state index in [-0.39, 0.29) is 27.1 Å². The molecule has 0 aliphatic carbocycles. The van der Waals surface area contributed by atoms with Crippen molar-refractivity contribution in [3.8, 4) is 11.1 Å². The highest BCUT2D eigenvalue weighted by Gasteiger charge is 2.28. The summed E-state index contributed by atoms with van der Waals surface area (Å²) in [6.45, 7) is -0.778. The van der Waals surface area contributed by atoms with E-state index < -0.39 is 28.8 Å². The van der Waals surface area contributed by atoms with Gasteiger partial charge in [0.25, 0.3) is 16.4 Å². The summed E-state index contributed by atoms with van der Waals surface area (Å²) in [5.41, 5.74) is 0.648. The van der Waals surface area contributed by atoms with Crippen molar-refractivity contribution in [1.82, 2.24) is 5.32 Å². The van der Waals surface area contributed by atoms with Gasteiger partial charge in [-0.2, -0.15) is 8.42 Å². The van der Waals surface area contributed by atoms with Crippen LogP contribution in [0.3, 0.4) is 0 Å². The number of nitrogens with one attached hydrogen (secondary N) is 2. The van der Waals surface area contributed by atoms with Crippen molar-refractivity contribution < 1.29 is 21.6 Å². The molecule has 10 heteroatoms. The predicted molar refractivity (Wildman–Crippen MR) is 89.1 cm³/mol. The number of halogens is 4. The monoisotopic (exact) mass is 389 g/mol. The molecule has 0 spiro atoms. The van der Waals surface area contributed by atoms with E-state index >= 15 is 0 Å². The molecule has 25 heavy (non-hydrogen) atoms. The van der Waals surface area contributed by atoms with Crippen LogP contribution in [0.15, 0.2) is 45.7 Å². The van der Waals surface area contributed by atoms with Crippen LogP contribution in [0, 0.1) is 5.82 Å². The smallest absolute Gasteiger partial charge is 0.287 e. The van der Waals surface area contributed by atoms with Gasteiger partial charge < -0.3 is 10.6 Å². The number of sulfonamides is 1. The Hall–Kier alpha value is -2.26. The van der Waals surface area contributed by atoms with Crippen LogP contribution in [0.5, 0.6) is 0 Å². The van der Waals surface area contributed by atoms with Gasteiger partial charge in [-0.05, 0) is 12.1 Å². The number of fused-ring (bicyclic) bond motifs is 1. The van der Waals surface area contributed by atoms with Gasteiger partial charge in [0.05, 0.1) is 17.3 Å². The Labute approximate surface area is 146 Å². The molecule has 0 atom stereocenters. The minimum Gasteiger partial charge on any atom is -0.349 e. The summed E-state index contributed by atoms with van der Waals surface area (Å²) in [5.74, 6) is -1.01. The highest BCUT2D eigenvalue weighted by molar-refractivity contribution is 7.90. The molecular formula is C15H11ClF3N3O2S. The van der Waals surface area contributed by atoms with Crippen LogP contribution in [-0.2, 0) is 10.0 Å². The first-order valence-corrected chi connectivity index (χ1v) is 8.83. The first-order valence-electron chi connectivity index (χ1n) is 7.01. The molecule has 1 heterocycles. The molecule has 2 aromatic rings. The summed E-state index contributed by atoms with van der Waals surface area (Å²) >= 11 is 5.98. The third kappa shape index (κ3) is 3.42. The summed E-state index contributed by atoms with van der Waals surface area (Å²) in [6, 6.07) is 8.43. The van der Waals surface area contributed by atoms with Gasteiger partial charge in [-0.1, -0.05) is 35.9 Å². The van der Waals surface area contributed by atoms with E-state index in [2.05, 4.69) is 15.0 Å². The Morgan fingerprint density at radius 1 is 1.16 bits per heavy atom. The fourth-order valence-electron chi connectivity index (χ4n) is 2.37. The van der Waals surface area contributed by atoms with Gasteiger partial charge >= 0.3 is 0 Å². The SMILES string of the molecule is O=S1(=O)N=C(NCC(F)F)Nc2c(-c3cccc(F)c3Cl)cccc21. The van der Waals surface area contributed by atoms with Crippen LogP contribution >= 0.6 is 11.6 Å². The molecule has 1 aliphatic rings. The van der Waals surface area contributed by atoms with Crippen molar-refractivity contribution >= 4 is 33.3 Å². The molecule has 132 valence electrons. The van der Waals surface area contributed by atoms with Crippen LogP contribution in [0.2, 0.25) is 5.02 Å². The molecular weight excluding hydrogens is 379 g/mol. The number of para-hydroxylation sites is 1. The third-order valence-electron chi connectivity index (χ3n) is 3.42. The molecule has 5 nitrogen and oxygen atoms in total. The number of guanidine groups is 1. The highest BCUT2D eigenvalue weighted by atomic mass is 35.5. The first kappa shape index (κ1) is 17.6. The van der Waals surface area contributed by atoms with E-state index in [0.29, 0.717) is 5.56 Å². The van der Waals surface area contributed by atoms with Crippen molar-refractivity contribution in [1.29, 1.82) is 0 Å². The molecule has 2 aromatic carbocycles. The lowest BCUT2D eigenvalue weighted by atomic mass is 10.0. The van der Waals surface area contributed by atoms with Crippen LogP contribution in [0.25, 0.3) is 11.1 Å². The number of anilines is 1. The summed E-state index contributed by atoms with van der Waals surface area (Å²) in [7, 11) is -4.11. The van der Waals surface area contributed by atoms with Gasteiger partial charge in [-0.25, -0.2) is 13.2 Å². The van der Waals surface area contributed by atoms with E-state index in [1.54, 1.807) is 0 Å². The van der Waals surface area contributed by atoms with Crippen LogP contribution < -0.4 is 10.6 Å². The average molecular weight is 390 g/mol. The van der Waals surface area contributed by atoms with E-state index in [4.69, 9.17) is 11.6 Å². The predicted octanol–water partition coefficient (Wildman–Crippen LogP) is 3.47. The number of rotatable bonds is 3. The molecule has 2 N–H and O–H groups in total. The summed E-state index contributed by atoms with van der Waals surface area (Å²) in [6.07, 6.45) is -2.69. The van der Waals surface area contributed by atoms with Crippen molar-refractivity contribution in [2.24, 2.45) is 4.40 Å². The lowest BCUT2D eigenvalue weighted by Gasteiger charge is -2.22. The molecule has 0 radical (unpaired) electrons. The van der Waals surface area contributed by atoms with Gasteiger partial charge in [0.2, 0.25) is 5.96 Å². The molecule has 0 aromatic heterocycles. The van der Waals surface area contributed by atoms with Crippen molar-refractivity contribution in [3.05, 3.63) is 47.2 Å². The highest BCUT2D eigenvalue weighted by Crippen LogP contribution is 2.39. The Bertz CT molecular complexity index is 964. The Kier molecular flexibility index (Phi) is 4.61. The lowest BCUT2D eigenvalue weighted by Crippen LogP contribution is -2.37.